The van der Waals surface area contributed by atoms with Crippen molar-refractivity contribution in [2.75, 3.05) is 0 Å². The Balaban J connectivity index is 1.87. The molecule has 1 aromatic heterocycles. The summed E-state index contributed by atoms with van der Waals surface area (Å²) in [4.78, 5) is 0. The molecule has 5 nitrogen and oxygen atoms in total. The van der Waals surface area contributed by atoms with E-state index in [1.165, 1.54) is 0 Å². The van der Waals surface area contributed by atoms with E-state index in [9.17, 15) is 10.2 Å². The summed E-state index contributed by atoms with van der Waals surface area (Å²) in [6.45, 7) is 6.59. The lowest BCUT2D eigenvalue weighted by atomic mass is 9.87. The molecular weight excluding hydrogens is 278 g/mol. The highest BCUT2D eigenvalue weighted by molar-refractivity contribution is 5.17. The predicted molar refractivity (Wildman–Crippen MR) is 85.2 cm³/mol. The summed E-state index contributed by atoms with van der Waals surface area (Å²) in [6.07, 6.45) is 1.95. The first-order valence-corrected chi connectivity index (χ1v) is 7.66. The van der Waals surface area contributed by atoms with Crippen molar-refractivity contribution in [3.63, 3.8) is 0 Å². The molecule has 0 aliphatic heterocycles. The Morgan fingerprint density at radius 3 is 2.45 bits per heavy atom. The molecule has 1 heterocycles. The SMILES string of the molecule is CC(C)(C)C(O)Cc1cn(CC[C@H](O)c2ccccc2)nn1. The number of benzene rings is 1. The van der Waals surface area contributed by atoms with Crippen LogP contribution in [-0.2, 0) is 13.0 Å². The van der Waals surface area contributed by atoms with Crippen LogP contribution in [0.5, 0.6) is 0 Å². The number of nitrogens with zero attached hydrogens (tertiary/aromatic N) is 3. The maximum Gasteiger partial charge on any atom is 0.0853 e. The molecule has 0 bridgehead atoms. The summed E-state index contributed by atoms with van der Waals surface area (Å²) in [5, 5.41) is 28.4. The van der Waals surface area contributed by atoms with Gasteiger partial charge in [-0.1, -0.05) is 56.3 Å². The minimum Gasteiger partial charge on any atom is -0.392 e. The Labute approximate surface area is 131 Å². The normalized spacial score (nSPS) is 14.8. The molecular formula is C17H25N3O2. The van der Waals surface area contributed by atoms with Crippen LogP contribution in [0.3, 0.4) is 0 Å². The van der Waals surface area contributed by atoms with Crippen LogP contribution >= 0.6 is 0 Å². The van der Waals surface area contributed by atoms with Crippen LogP contribution < -0.4 is 0 Å². The van der Waals surface area contributed by atoms with Gasteiger partial charge < -0.3 is 10.2 Å². The van der Waals surface area contributed by atoms with E-state index >= 15 is 0 Å². The van der Waals surface area contributed by atoms with E-state index in [0.717, 1.165) is 11.3 Å². The van der Waals surface area contributed by atoms with Gasteiger partial charge in [-0.05, 0) is 17.4 Å². The molecule has 0 aliphatic rings. The van der Waals surface area contributed by atoms with Gasteiger partial charge in [-0.2, -0.15) is 0 Å². The van der Waals surface area contributed by atoms with Gasteiger partial charge in [-0.15, -0.1) is 5.10 Å². The minimum absolute atomic E-state index is 0.173. The van der Waals surface area contributed by atoms with E-state index in [2.05, 4.69) is 10.3 Å². The van der Waals surface area contributed by atoms with Crippen molar-refractivity contribution in [3.8, 4) is 0 Å². The summed E-state index contributed by atoms with van der Waals surface area (Å²) >= 11 is 0. The Morgan fingerprint density at radius 1 is 1.14 bits per heavy atom. The number of hydrogen-bond donors (Lipinski definition) is 2. The van der Waals surface area contributed by atoms with E-state index in [1.807, 2.05) is 57.3 Å². The topological polar surface area (TPSA) is 71.2 Å². The first kappa shape index (κ1) is 16.6. The quantitative estimate of drug-likeness (QED) is 0.859. The number of hydrogen-bond acceptors (Lipinski definition) is 4. The van der Waals surface area contributed by atoms with Gasteiger partial charge in [-0.25, -0.2) is 0 Å². The van der Waals surface area contributed by atoms with E-state index in [0.29, 0.717) is 19.4 Å². The lowest BCUT2D eigenvalue weighted by molar-refractivity contribution is 0.0627. The third-order valence-corrected chi connectivity index (χ3v) is 3.80. The van der Waals surface area contributed by atoms with E-state index < -0.39 is 12.2 Å². The number of aryl methyl sites for hydroxylation is 1. The van der Waals surface area contributed by atoms with Crippen LogP contribution in [0.2, 0.25) is 0 Å². The smallest absolute Gasteiger partial charge is 0.0853 e. The van der Waals surface area contributed by atoms with Crippen molar-refractivity contribution < 1.29 is 10.2 Å². The van der Waals surface area contributed by atoms with Crippen LogP contribution in [0, 0.1) is 5.41 Å². The number of aromatic nitrogens is 3. The fourth-order valence-electron chi connectivity index (χ4n) is 2.14. The third-order valence-electron chi connectivity index (χ3n) is 3.80. The molecule has 0 saturated heterocycles. The molecule has 1 unspecified atom stereocenters. The molecule has 22 heavy (non-hydrogen) atoms. The van der Waals surface area contributed by atoms with E-state index in [-0.39, 0.29) is 5.41 Å². The van der Waals surface area contributed by atoms with Crippen molar-refractivity contribution >= 4 is 0 Å². The average molecular weight is 303 g/mol. The van der Waals surface area contributed by atoms with Gasteiger partial charge >= 0.3 is 0 Å². The van der Waals surface area contributed by atoms with Crippen molar-refractivity contribution in [1.82, 2.24) is 15.0 Å². The highest BCUT2D eigenvalue weighted by Gasteiger charge is 2.23. The largest absolute Gasteiger partial charge is 0.392 e. The second kappa shape index (κ2) is 7.03. The Kier molecular flexibility index (Phi) is 5.32. The van der Waals surface area contributed by atoms with Crippen molar-refractivity contribution in [2.24, 2.45) is 5.41 Å². The zero-order valence-corrected chi connectivity index (χ0v) is 13.5. The number of aliphatic hydroxyl groups is 2. The molecule has 0 aliphatic carbocycles. The Morgan fingerprint density at radius 2 is 1.82 bits per heavy atom. The molecule has 2 aromatic rings. The summed E-state index contributed by atoms with van der Waals surface area (Å²) in [7, 11) is 0. The van der Waals surface area contributed by atoms with Gasteiger partial charge in [0.25, 0.3) is 0 Å². The van der Waals surface area contributed by atoms with Gasteiger partial charge in [0, 0.05) is 19.2 Å². The third kappa shape index (κ3) is 4.64. The Bertz CT molecular complexity index is 575. The van der Waals surface area contributed by atoms with E-state index in [4.69, 9.17) is 0 Å². The fourth-order valence-corrected chi connectivity index (χ4v) is 2.14. The zero-order valence-electron chi connectivity index (χ0n) is 13.5. The van der Waals surface area contributed by atoms with Crippen LogP contribution in [0.1, 0.15) is 44.6 Å². The second-order valence-electron chi connectivity index (χ2n) is 6.77. The number of rotatable bonds is 6. The zero-order chi connectivity index (χ0) is 16.2. The van der Waals surface area contributed by atoms with Crippen LogP contribution in [0.15, 0.2) is 36.5 Å². The average Bonchev–Trinajstić information content (AvgIpc) is 2.92. The van der Waals surface area contributed by atoms with Gasteiger partial charge in [0.2, 0.25) is 0 Å². The van der Waals surface area contributed by atoms with Gasteiger partial charge in [0.1, 0.15) is 0 Å². The second-order valence-corrected chi connectivity index (χ2v) is 6.77. The summed E-state index contributed by atoms with van der Waals surface area (Å²) in [5.41, 5.74) is 1.51. The summed E-state index contributed by atoms with van der Waals surface area (Å²) < 4.78 is 1.72. The van der Waals surface area contributed by atoms with Gasteiger partial charge in [0.05, 0.1) is 17.9 Å². The van der Waals surface area contributed by atoms with Crippen LogP contribution in [-0.4, -0.2) is 31.3 Å². The lowest BCUT2D eigenvalue weighted by Gasteiger charge is -2.24. The number of aliphatic hydroxyl groups excluding tert-OH is 2. The summed E-state index contributed by atoms with van der Waals surface area (Å²) in [5.74, 6) is 0. The fraction of sp³-hybridized carbons (Fsp3) is 0.529. The molecule has 2 N–H and O–H groups in total. The molecule has 0 fully saturated rings. The minimum atomic E-state index is -0.506. The predicted octanol–water partition coefficient (Wildman–Crippen LogP) is 2.35. The molecule has 120 valence electrons. The molecule has 2 atom stereocenters. The van der Waals surface area contributed by atoms with E-state index in [1.54, 1.807) is 4.68 Å². The van der Waals surface area contributed by atoms with Crippen molar-refractivity contribution in [1.29, 1.82) is 0 Å². The van der Waals surface area contributed by atoms with Gasteiger partial charge in [-0.3, -0.25) is 4.68 Å². The first-order chi connectivity index (χ1) is 10.4. The highest BCUT2D eigenvalue weighted by Crippen LogP contribution is 2.22. The maximum absolute atomic E-state index is 10.1. The lowest BCUT2D eigenvalue weighted by Crippen LogP contribution is -2.28. The Hall–Kier alpha value is -1.72. The molecule has 0 saturated carbocycles. The van der Waals surface area contributed by atoms with Crippen LogP contribution in [0.25, 0.3) is 0 Å². The highest BCUT2D eigenvalue weighted by atomic mass is 16.3. The maximum atomic E-state index is 10.1. The monoisotopic (exact) mass is 303 g/mol. The standard InChI is InChI=1S/C17H25N3O2/c1-17(2,3)16(22)11-14-12-20(19-18-14)10-9-15(21)13-7-5-4-6-8-13/h4-8,12,15-16,21-22H,9-11H2,1-3H3/t15-,16?/m0/s1. The van der Waals surface area contributed by atoms with Crippen molar-refractivity contribution in [2.45, 2.75) is 52.4 Å². The summed E-state index contributed by atoms with van der Waals surface area (Å²) in [6, 6.07) is 9.59. The molecule has 0 radical (unpaired) electrons. The molecule has 1 aromatic carbocycles. The van der Waals surface area contributed by atoms with Crippen LogP contribution in [0.4, 0.5) is 0 Å². The molecule has 2 rings (SSSR count). The van der Waals surface area contributed by atoms with Gasteiger partial charge in [0.15, 0.2) is 0 Å². The molecule has 0 spiro atoms. The molecule has 0 amide bonds. The molecule has 5 heteroatoms. The first-order valence-electron chi connectivity index (χ1n) is 7.66. The van der Waals surface area contributed by atoms with Crippen molar-refractivity contribution in [3.05, 3.63) is 47.8 Å².